The molecular weight excluding hydrogens is 770 g/mol. The Kier molecular flexibility index (Phi) is 15.6. The highest BCUT2D eigenvalue weighted by atomic mass is 32.2. The second-order valence-corrected chi connectivity index (χ2v) is 18.0. The first kappa shape index (κ1) is 45.6. The van der Waals surface area contributed by atoms with E-state index >= 15 is 0 Å². The third kappa shape index (κ3) is 12.4. The molecule has 0 aromatic heterocycles. The number of nitrogens with one attached hydrogen (secondary N) is 2. The Hall–Kier alpha value is -4.12. The number of methoxy groups -OCH3 is 1. The van der Waals surface area contributed by atoms with Crippen molar-refractivity contribution in [2.45, 2.75) is 140 Å². The fourth-order valence-electron chi connectivity index (χ4n) is 7.29. The number of ether oxygens (including phenoxy) is 3. The summed E-state index contributed by atoms with van der Waals surface area (Å²) in [7, 11) is -2.22. The minimum atomic E-state index is -4.81. The van der Waals surface area contributed by atoms with E-state index in [-0.39, 0.29) is 31.9 Å². The number of benzene rings is 1. The number of rotatable bonds is 20. The van der Waals surface area contributed by atoms with Crippen LogP contribution in [0.1, 0.15) is 104 Å². The summed E-state index contributed by atoms with van der Waals surface area (Å²) in [6.07, 6.45) is -1.28. The van der Waals surface area contributed by atoms with Gasteiger partial charge in [0.15, 0.2) is 6.10 Å². The van der Waals surface area contributed by atoms with Crippen LogP contribution < -0.4 is 20.5 Å². The number of halogens is 3. The lowest BCUT2D eigenvalue weighted by molar-refractivity contribution is -0.205. The summed E-state index contributed by atoms with van der Waals surface area (Å²) < 4.78 is 83.6. The molecule has 57 heavy (non-hydrogen) atoms. The van der Waals surface area contributed by atoms with Crippen LogP contribution in [0.5, 0.6) is 5.75 Å². The maximum absolute atomic E-state index is 14.2. The molecule has 2 unspecified atom stereocenters. The Labute approximate surface area is 333 Å². The molecule has 4 rings (SSSR count). The van der Waals surface area contributed by atoms with Gasteiger partial charge in [0.25, 0.3) is 5.91 Å². The molecule has 1 saturated heterocycles. The first-order valence-electron chi connectivity index (χ1n) is 19.6. The van der Waals surface area contributed by atoms with Gasteiger partial charge in [-0.25, -0.2) is 17.9 Å². The zero-order valence-electron chi connectivity index (χ0n) is 33.4. The number of nitrogens with zero attached hydrogens (tertiary/aromatic N) is 1. The molecule has 0 bridgehead atoms. The fourth-order valence-corrected chi connectivity index (χ4v) is 8.55. The molecule has 1 aromatic carbocycles. The van der Waals surface area contributed by atoms with E-state index in [1.165, 1.54) is 11.8 Å². The Morgan fingerprint density at radius 2 is 1.77 bits per heavy atom. The number of sulfonamides is 1. The van der Waals surface area contributed by atoms with Gasteiger partial charge in [-0.05, 0) is 99.8 Å². The molecule has 0 radical (unpaired) electrons. The quantitative estimate of drug-likeness (QED) is 0.143. The van der Waals surface area contributed by atoms with Crippen molar-refractivity contribution in [2.75, 3.05) is 13.7 Å². The first-order chi connectivity index (χ1) is 26.8. The van der Waals surface area contributed by atoms with Crippen LogP contribution in [0.2, 0.25) is 0 Å². The molecule has 1 saturated carbocycles. The van der Waals surface area contributed by atoms with Crippen LogP contribution >= 0.6 is 0 Å². The average molecular weight is 827 g/mol. The van der Waals surface area contributed by atoms with Crippen LogP contribution in [0.25, 0.3) is 0 Å². The van der Waals surface area contributed by atoms with Crippen LogP contribution in [-0.4, -0.2) is 86.0 Å². The first-order valence-corrected chi connectivity index (χ1v) is 21.1. The van der Waals surface area contributed by atoms with Crippen molar-refractivity contribution in [1.29, 1.82) is 0 Å². The number of hydrogen-bond acceptors (Lipinski definition) is 9. The molecule has 6 atom stereocenters. The summed E-state index contributed by atoms with van der Waals surface area (Å²) >= 11 is 0. The van der Waals surface area contributed by atoms with Crippen molar-refractivity contribution in [3.8, 4) is 5.75 Å². The van der Waals surface area contributed by atoms with Gasteiger partial charge in [0.1, 0.15) is 17.8 Å². The predicted molar refractivity (Wildman–Crippen MR) is 206 cm³/mol. The number of hydrogen-bond donors (Lipinski definition) is 3. The van der Waals surface area contributed by atoms with Gasteiger partial charge in [0.2, 0.25) is 21.8 Å². The number of alkyl carbamates (subject to hydrolysis) is 1. The Morgan fingerprint density at radius 1 is 1.09 bits per heavy atom. The molecule has 2 aliphatic carbocycles. The highest BCUT2D eigenvalue weighted by Crippen LogP contribution is 2.42. The van der Waals surface area contributed by atoms with Gasteiger partial charge >= 0.3 is 12.3 Å². The lowest BCUT2D eigenvalue weighted by atomic mass is 9.88. The van der Waals surface area contributed by atoms with Crippen LogP contribution in [0.4, 0.5) is 18.0 Å². The van der Waals surface area contributed by atoms with Gasteiger partial charge in [-0.2, -0.15) is 13.2 Å². The maximum Gasteiger partial charge on any atom is 0.425 e. The summed E-state index contributed by atoms with van der Waals surface area (Å²) in [6, 6.07) is 4.73. The molecule has 3 aliphatic rings. The van der Waals surface area contributed by atoms with Gasteiger partial charge in [-0.3, -0.25) is 14.4 Å². The highest BCUT2D eigenvalue weighted by molar-refractivity contribution is 7.91. The number of carbonyl (C=O) groups excluding carboxylic acids is 4. The SMILES string of the molecule is CCCC(OC(=O)N[C@H](C(=O)N1CC(OCc2ccc(OC)cc2)C[C@H]1C(N)=O)[C@H](C)C[C@@H](C)CC/C=C\C1=C(C(=O)NS(=O)(=O)C2(C)CC2)CCC1)C(F)(F)F. The summed E-state index contributed by atoms with van der Waals surface area (Å²) in [4.78, 5) is 53.9. The van der Waals surface area contributed by atoms with E-state index in [2.05, 4.69) is 10.0 Å². The second-order valence-electron chi connectivity index (χ2n) is 15.8. The lowest BCUT2D eigenvalue weighted by Gasteiger charge is -2.32. The number of amides is 4. The van der Waals surface area contributed by atoms with E-state index in [0.29, 0.717) is 56.3 Å². The van der Waals surface area contributed by atoms with E-state index in [1.807, 2.05) is 31.2 Å². The normalized spacial score (nSPS) is 21.5. The largest absolute Gasteiger partial charge is 0.497 e. The topological polar surface area (TPSA) is 183 Å². The third-order valence-corrected chi connectivity index (χ3v) is 13.2. The Morgan fingerprint density at radius 3 is 2.37 bits per heavy atom. The zero-order valence-corrected chi connectivity index (χ0v) is 34.2. The smallest absolute Gasteiger partial charge is 0.425 e. The summed E-state index contributed by atoms with van der Waals surface area (Å²) in [5.74, 6) is -2.07. The number of primary amides is 1. The van der Waals surface area contributed by atoms with Crippen molar-refractivity contribution >= 4 is 33.8 Å². The van der Waals surface area contributed by atoms with E-state index in [0.717, 1.165) is 17.6 Å². The van der Waals surface area contributed by atoms with Crippen LogP contribution in [0, 0.1) is 11.8 Å². The van der Waals surface area contributed by atoms with Crippen molar-refractivity contribution < 1.29 is 55.0 Å². The molecule has 17 heteroatoms. The van der Waals surface area contributed by atoms with Gasteiger partial charge in [-0.1, -0.05) is 51.5 Å². The van der Waals surface area contributed by atoms with Gasteiger partial charge < -0.3 is 30.2 Å². The molecule has 4 amide bonds. The minimum Gasteiger partial charge on any atom is -0.497 e. The van der Waals surface area contributed by atoms with Crippen LogP contribution in [0.15, 0.2) is 47.6 Å². The maximum atomic E-state index is 14.2. The summed E-state index contributed by atoms with van der Waals surface area (Å²) in [5, 5.41) is 2.39. The number of allylic oxidation sites excluding steroid dienone is 3. The van der Waals surface area contributed by atoms with E-state index in [9.17, 15) is 40.8 Å². The lowest BCUT2D eigenvalue weighted by Crippen LogP contribution is -2.56. The second kappa shape index (κ2) is 19.6. The molecular formula is C40H57F3N4O9S. The minimum absolute atomic E-state index is 0.0367. The fraction of sp³-hybridized carbons (Fsp3) is 0.650. The average Bonchev–Trinajstić information content (AvgIpc) is 3.52. The van der Waals surface area contributed by atoms with Gasteiger partial charge in [0, 0.05) is 18.5 Å². The molecule has 4 N–H and O–H groups in total. The molecule has 2 fully saturated rings. The number of carbonyl (C=O) groups is 4. The molecule has 1 aromatic rings. The third-order valence-electron chi connectivity index (χ3n) is 11.1. The number of nitrogens with two attached hydrogens (primary N) is 1. The van der Waals surface area contributed by atoms with E-state index in [4.69, 9.17) is 19.9 Å². The standard InChI is InChI=1S/C40H57F3N4O9S/c1-6-10-33(40(41,42)43)56-38(51)45-34(37(50)47-23-30(22-32(47)35(44)48)55-24-27-15-17-29(54-5)18-16-27)26(3)21-25(2)11-7-8-12-28-13-9-14-31(28)36(49)46-57(52,53)39(4)19-20-39/h8,12,15-18,25-26,30,32-34H,6-7,9-11,13-14,19-24H2,1-5H3,(H2,44,48)(H,45,51)(H,46,49)/b12-8-/t25-,26+,30?,32-,33?,34-/m0/s1. The summed E-state index contributed by atoms with van der Waals surface area (Å²) in [6.45, 7) is 6.91. The van der Waals surface area contributed by atoms with Crippen molar-refractivity contribution in [2.24, 2.45) is 17.6 Å². The Balaban J connectivity index is 1.43. The van der Waals surface area contributed by atoms with Crippen molar-refractivity contribution in [3.63, 3.8) is 0 Å². The highest BCUT2D eigenvalue weighted by Gasteiger charge is 2.51. The zero-order chi connectivity index (χ0) is 42.1. The number of likely N-dealkylation sites (tertiary alicyclic amines) is 1. The van der Waals surface area contributed by atoms with Crippen molar-refractivity contribution in [1.82, 2.24) is 14.9 Å². The van der Waals surface area contributed by atoms with Crippen LogP contribution in [-0.2, 0) is 40.5 Å². The van der Waals surface area contributed by atoms with Gasteiger partial charge in [-0.15, -0.1) is 0 Å². The molecule has 1 aliphatic heterocycles. The monoisotopic (exact) mass is 826 g/mol. The van der Waals surface area contributed by atoms with Crippen molar-refractivity contribution in [3.05, 3.63) is 53.1 Å². The number of alkyl halides is 3. The van der Waals surface area contributed by atoms with E-state index < -0.39 is 81.4 Å². The molecule has 318 valence electrons. The molecule has 13 nitrogen and oxygen atoms in total. The van der Waals surface area contributed by atoms with Crippen LogP contribution in [0.3, 0.4) is 0 Å². The summed E-state index contributed by atoms with van der Waals surface area (Å²) in [5.41, 5.74) is 7.77. The predicted octanol–water partition coefficient (Wildman–Crippen LogP) is 5.97. The van der Waals surface area contributed by atoms with E-state index in [1.54, 1.807) is 33.1 Å². The Bertz CT molecular complexity index is 1760. The molecule has 0 spiro atoms. The molecule has 1 heterocycles. The van der Waals surface area contributed by atoms with Gasteiger partial charge in [0.05, 0.1) is 24.6 Å².